The molecule has 1 rings (SSSR count). The van der Waals surface area contributed by atoms with Crippen LogP contribution in [0.2, 0.25) is 0 Å². The SMILES string of the molecule is COc1cccc(F)c1/C(C)=C(/F)C(=O)O. The van der Waals surface area contributed by atoms with Gasteiger partial charge in [-0.25, -0.2) is 9.18 Å². The average molecular weight is 228 g/mol. The van der Waals surface area contributed by atoms with Crippen molar-refractivity contribution < 1.29 is 23.4 Å². The summed E-state index contributed by atoms with van der Waals surface area (Å²) in [7, 11) is 1.30. The van der Waals surface area contributed by atoms with Crippen molar-refractivity contribution in [2.24, 2.45) is 0 Å². The molecule has 0 aliphatic rings. The summed E-state index contributed by atoms with van der Waals surface area (Å²) in [5.74, 6) is -3.77. The van der Waals surface area contributed by atoms with Gasteiger partial charge in [0.15, 0.2) is 0 Å². The van der Waals surface area contributed by atoms with E-state index in [-0.39, 0.29) is 16.9 Å². The van der Waals surface area contributed by atoms with Gasteiger partial charge in [0.05, 0.1) is 12.7 Å². The number of hydrogen-bond acceptors (Lipinski definition) is 2. The lowest BCUT2D eigenvalue weighted by molar-refractivity contribution is -0.134. The summed E-state index contributed by atoms with van der Waals surface area (Å²) in [4.78, 5) is 10.4. The first-order valence-electron chi connectivity index (χ1n) is 4.41. The zero-order valence-corrected chi connectivity index (χ0v) is 8.75. The zero-order chi connectivity index (χ0) is 12.3. The van der Waals surface area contributed by atoms with Crippen molar-refractivity contribution in [3.8, 4) is 5.75 Å². The second-order valence-corrected chi connectivity index (χ2v) is 3.06. The Morgan fingerprint density at radius 3 is 2.56 bits per heavy atom. The van der Waals surface area contributed by atoms with Gasteiger partial charge in [-0.2, -0.15) is 4.39 Å². The van der Waals surface area contributed by atoms with E-state index in [2.05, 4.69) is 0 Å². The maximum absolute atomic E-state index is 13.4. The van der Waals surface area contributed by atoms with E-state index in [0.717, 1.165) is 6.07 Å². The van der Waals surface area contributed by atoms with E-state index in [1.54, 1.807) is 0 Å². The van der Waals surface area contributed by atoms with Crippen LogP contribution in [0.3, 0.4) is 0 Å². The maximum atomic E-state index is 13.4. The molecule has 0 heterocycles. The largest absolute Gasteiger partial charge is 0.496 e. The Bertz CT molecular complexity index is 453. The fourth-order valence-electron chi connectivity index (χ4n) is 1.31. The molecule has 0 radical (unpaired) electrons. The Kier molecular flexibility index (Phi) is 3.60. The highest BCUT2D eigenvalue weighted by Crippen LogP contribution is 2.30. The summed E-state index contributed by atoms with van der Waals surface area (Å²) in [6.07, 6.45) is 0. The van der Waals surface area contributed by atoms with Crippen molar-refractivity contribution >= 4 is 11.5 Å². The maximum Gasteiger partial charge on any atom is 0.365 e. The second kappa shape index (κ2) is 4.74. The Hall–Kier alpha value is -1.91. The quantitative estimate of drug-likeness (QED) is 0.809. The molecule has 0 bridgehead atoms. The van der Waals surface area contributed by atoms with Crippen LogP contribution in [0.1, 0.15) is 12.5 Å². The number of benzene rings is 1. The van der Waals surface area contributed by atoms with Crippen LogP contribution >= 0.6 is 0 Å². The van der Waals surface area contributed by atoms with E-state index in [0.29, 0.717) is 0 Å². The number of rotatable bonds is 3. The molecule has 16 heavy (non-hydrogen) atoms. The lowest BCUT2D eigenvalue weighted by atomic mass is 10.0. The molecule has 1 N–H and O–H groups in total. The Labute approximate surface area is 91.0 Å². The van der Waals surface area contributed by atoms with Gasteiger partial charge in [-0.3, -0.25) is 0 Å². The molecule has 0 saturated carbocycles. The molecule has 1 aromatic rings. The van der Waals surface area contributed by atoms with Crippen LogP contribution in [0.5, 0.6) is 5.75 Å². The first kappa shape index (κ1) is 12.2. The van der Waals surface area contributed by atoms with Gasteiger partial charge in [0.1, 0.15) is 11.6 Å². The van der Waals surface area contributed by atoms with Crippen molar-refractivity contribution in [2.75, 3.05) is 7.11 Å². The van der Waals surface area contributed by atoms with Crippen LogP contribution in [0, 0.1) is 5.82 Å². The van der Waals surface area contributed by atoms with Crippen LogP contribution in [-0.4, -0.2) is 18.2 Å². The summed E-state index contributed by atoms with van der Waals surface area (Å²) in [6.45, 7) is 1.18. The molecule has 0 aliphatic carbocycles. The van der Waals surface area contributed by atoms with E-state index in [4.69, 9.17) is 9.84 Å². The van der Waals surface area contributed by atoms with Crippen LogP contribution in [0.25, 0.3) is 5.57 Å². The normalized spacial score (nSPS) is 12.0. The van der Waals surface area contributed by atoms with Gasteiger partial charge in [0.25, 0.3) is 0 Å². The number of carboxylic acids is 1. The zero-order valence-electron chi connectivity index (χ0n) is 8.75. The number of aliphatic carboxylic acids is 1. The minimum Gasteiger partial charge on any atom is -0.496 e. The molecular weight excluding hydrogens is 218 g/mol. The van der Waals surface area contributed by atoms with E-state index >= 15 is 0 Å². The highest BCUT2D eigenvalue weighted by Gasteiger charge is 2.18. The lowest BCUT2D eigenvalue weighted by Gasteiger charge is -2.09. The smallest absolute Gasteiger partial charge is 0.365 e. The topological polar surface area (TPSA) is 46.5 Å². The van der Waals surface area contributed by atoms with Gasteiger partial charge >= 0.3 is 5.97 Å². The summed E-state index contributed by atoms with van der Waals surface area (Å²) < 4.78 is 31.4. The van der Waals surface area contributed by atoms with Crippen LogP contribution in [0.4, 0.5) is 8.78 Å². The van der Waals surface area contributed by atoms with Gasteiger partial charge in [-0.1, -0.05) is 6.07 Å². The summed E-state index contributed by atoms with van der Waals surface area (Å²) >= 11 is 0. The van der Waals surface area contributed by atoms with Crippen LogP contribution < -0.4 is 4.74 Å². The molecule has 0 atom stereocenters. The monoisotopic (exact) mass is 228 g/mol. The first-order valence-corrected chi connectivity index (χ1v) is 4.41. The van der Waals surface area contributed by atoms with E-state index in [1.165, 1.54) is 26.2 Å². The Balaban J connectivity index is 3.43. The van der Waals surface area contributed by atoms with Crippen molar-refractivity contribution in [1.29, 1.82) is 0 Å². The number of allylic oxidation sites excluding steroid dienone is 1. The molecule has 86 valence electrons. The second-order valence-electron chi connectivity index (χ2n) is 3.06. The molecule has 3 nitrogen and oxygen atoms in total. The minimum absolute atomic E-state index is 0.0916. The number of carboxylic acid groups (broad SMARTS) is 1. The predicted molar refractivity (Wildman–Crippen MR) is 54.3 cm³/mol. The molecule has 0 aliphatic heterocycles. The molecule has 0 unspecified atom stereocenters. The number of hydrogen-bond donors (Lipinski definition) is 1. The van der Waals surface area contributed by atoms with Crippen molar-refractivity contribution in [3.05, 3.63) is 35.4 Å². The third-order valence-corrected chi connectivity index (χ3v) is 2.09. The fourth-order valence-corrected chi connectivity index (χ4v) is 1.31. The van der Waals surface area contributed by atoms with E-state index in [1.807, 2.05) is 0 Å². The first-order chi connectivity index (χ1) is 7.49. The molecule has 0 spiro atoms. The van der Waals surface area contributed by atoms with Gasteiger partial charge in [-0.05, 0) is 19.1 Å². The number of carbonyl (C=O) groups is 1. The number of methoxy groups -OCH3 is 1. The molecule has 1 aromatic carbocycles. The predicted octanol–water partition coefficient (Wildman–Crippen LogP) is 2.62. The van der Waals surface area contributed by atoms with Gasteiger partial charge in [0, 0.05) is 5.57 Å². The molecule has 0 fully saturated rings. The summed E-state index contributed by atoms with van der Waals surface area (Å²) in [6, 6.07) is 3.93. The third-order valence-electron chi connectivity index (χ3n) is 2.09. The molecule has 0 aromatic heterocycles. The average Bonchev–Trinajstić information content (AvgIpc) is 2.26. The van der Waals surface area contributed by atoms with Crippen LogP contribution in [-0.2, 0) is 4.79 Å². The summed E-state index contributed by atoms with van der Waals surface area (Å²) in [5.41, 5.74) is -0.479. The Morgan fingerprint density at radius 2 is 2.06 bits per heavy atom. The van der Waals surface area contributed by atoms with Crippen molar-refractivity contribution in [3.63, 3.8) is 0 Å². The summed E-state index contributed by atoms with van der Waals surface area (Å²) in [5, 5.41) is 8.47. The number of halogens is 2. The van der Waals surface area contributed by atoms with E-state index < -0.39 is 17.6 Å². The molecule has 5 heteroatoms. The third kappa shape index (κ3) is 2.18. The Morgan fingerprint density at radius 1 is 1.44 bits per heavy atom. The van der Waals surface area contributed by atoms with Gasteiger partial charge in [-0.15, -0.1) is 0 Å². The fraction of sp³-hybridized carbons (Fsp3) is 0.182. The van der Waals surface area contributed by atoms with Crippen LogP contribution in [0.15, 0.2) is 24.0 Å². The van der Waals surface area contributed by atoms with Gasteiger partial charge in [0.2, 0.25) is 5.83 Å². The minimum atomic E-state index is -1.73. The lowest BCUT2D eigenvalue weighted by Crippen LogP contribution is -2.01. The molecule has 0 saturated heterocycles. The van der Waals surface area contributed by atoms with E-state index in [9.17, 15) is 13.6 Å². The van der Waals surface area contributed by atoms with Gasteiger partial charge < -0.3 is 9.84 Å². The highest BCUT2D eigenvalue weighted by molar-refractivity contribution is 5.94. The van der Waals surface area contributed by atoms with Crippen molar-refractivity contribution in [2.45, 2.75) is 6.92 Å². The molecule has 0 amide bonds. The standard InChI is InChI=1S/C11H10F2O3/c1-6(10(13)11(14)15)9-7(12)4-3-5-8(9)16-2/h3-5H,1-2H3,(H,14,15)/b10-6+. The molecular formula is C11H10F2O3. The van der Waals surface area contributed by atoms with Crippen molar-refractivity contribution in [1.82, 2.24) is 0 Å². The highest BCUT2D eigenvalue weighted by atomic mass is 19.1. The number of ether oxygens (including phenoxy) is 1.